The number of rotatable bonds is 3. The molecule has 2 amide bonds. The summed E-state index contributed by atoms with van der Waals surface area (Å²) in [6, 6.07) is 13.0. The molecule has 2 aliphatic heterocycles. The number of methoxy groups -OCH3 is 1. The van der Waals surface area contributed by atoms with E-state index < -0.39 is 0 Å². The van der Waals surface area contributed by atoms with Crippen molar-refractivity contribution in [3.05, 3.63) is 53.6 Å². The Morgan fingerprint density at radius 3 is 2.85 bits per heavy atom. The van der Waals surface area contributed by atoms with Crippen molar-refractivity contribution in [1.29, 1.82) is 0 Å². The Morgan fingerprint density at radius 1 is 1.19 bits per heavy atom. The highest BCUT2D eigenvalue weighted by atomic mass is 16.5. The second-order valence-corrected chi connectivity index (χ2v) is 6.92. The number of carbonyl (C=O) groups is 2. The Hall–Kier alpha value is -3.06. The summed E-state index contributed by atoms with van der Waals surface area (Å²) < 4.78 is 5.29. The summed E-state index contributed by atoms with van der Waals surface area (Å²) in [7, 11) is 1.63. The van der Waals surface area contributed by atoms with Crippen LogP contribution < -0.4 is 21.1 Å². The second-order valence-electron chi connectivity index (χ2n) is 6.92. The summed E-state index contributed by atoms with van der Waals surface area (Å²) in [5.74, 6) is 0.636. The molecule has 7 nitrogen and oxygen atoms in total. The molecule has 0 bridgehead atoms. The molecule has 0 radical (unpaired) electrons. The highest BCUT2D eigenvalue weighted by Gasteiger charge is 2.34. The number of nitrogens with two attached hydrogens (primary N) is 1. The van der Waals surface area contributed by atoms with Gasteiger partial charge in [0.15, 0.2) is 0 Å². The summed E-state index contributed by atoms with van der Waals surface area (Å²) in [6.45, 7) is 1.28. The fourth-order valence-electron chi connectivity index (χ4n) is 3.71. The van der Waals surface area contributed by atoms with E-state index in [-0.39, 0.29) is 30.3 Å². The summed E-state index contributed by atoms with van der Waals surface area (Å²) in [5.41, 5.74) is 9.39. The maximum atomic E-state index is 13.0. The number of nitrogens with zero attached hydrogens (tertiary/aromatic N) is 1. The molecule has 0 unspecified atom stereocenters. The van der Waals surface area contributed by atoms with Gasteiger partial charge in [-0.3, -0.25) is 9.59 Å². The number of likely N-dealkylation sites (tertiary alicyclic amines) is 1. The molecule has 27 heavy (non-hydrogen) atoms. The van der Waals surface area contributed by atoms with E-state index in [0.717, 1.165) is 17.0 Å². The van der Waals surface area contributed by atoms with Gasteiger partial charge in [-0.1, -0.05) is 12.1 Å². The fraction of sp³-hybridized carbons (Fsp3) is 0.300. The van der Waals surface area contributed by atoms with Gasteiger partial charge in [-0.2, -0.15) is 0 Å². The van der Waals surface area contributed by atoms with Crippen molar-refractivity contribution in [2.24, 2.45) is 5.73 Å². The number of ether oxygens (including phenoxy) is 1. The van der Waals surface area contributed by atoms with Gasteiger partial charge in [-0.05, 0) is 35.9 Å². The van der Waals surface area contributed by atoms with Crippen LogP contribution in [0.4, 0.5) is 11.4 Å². The Balaban J connectivity index is 1.53. The highest BCUT2D eigenvalue weighted by Crippen LogP contribution is 2.31. The van der Waals surface area contributed by atoms with Gasteiger partial charge in [0.05, 0.1) is 25.0 Å². The van der Waals surface area contributed by atoms with Crippen molar-refractivity contribution in [3.63, 3.8) is 0 Å². The molecule has 2 aromatic carbocycles. The van der Waals surface area contributed by atoms with Crippen molar-refractivity contribution in [2.75, 3.05) is 37.4 Å². The smallest absolute Gasteiger partial charge is 0.254 e. The molecule has 140 valence electrons. The number of hydrogen-bond donors (Lipinski definition) is 3. The third-order valence-corrected chi connectivity index (χ3v) is 5.15. The molecular formula is C20H22N4O3. The third kappa shape index (κ3) is 3.33. The molecule has 1 fully saturated rings. The first kappa shape index (κ1) is 17.4. The van der Waals surface area contributed by atoms with Crippen molar-refractivity contribution >= 4 is 23.2 Å². The number of hydrogen-bond acceptors (Lipinski definition) is 5. The lowest BCUT2D eigenvalue weighted by atomic mass is 9.95. The predicted molar refractivity (Wildman–Crippen MR) is 103 cm³/mol. The minimum Gasteiger partial charge on any atom is -0.497 e. The Bertz CT molecular complexity index is 899. The Kier molecular flexibility index (Phi) is 4.45. The topological polar surface area (TPSA) is 96.7 Å². The van der Waals surface area contributed by atoms with E-state index in [1.54, 1.807) is 24.1 Å². The first-order valence-corrected chi connectivity index (χ1v) is 8.92. The number of benzene rings is 2. The lowest BCUT2D eigenvalue weighted by Crippen LogP contribution is -2.32. The van der Waals surface area contributed by atoms with Crippen LogP contribution in [0.2, 0.25) is 0 Å². The number of nitrogens with one attached hydrogen (secondary N) is 2. The van der Waals surface area contributed by atoms with Gasteiger partial charge in [0.1, 0.15) is 5.75 Å². The lowest BCUT2D eigenvalue weighted by Gasteiger charge is -2.21. The number of carbonyl (C=O) groups excluding carboxylic acids is 2. The molecule has 0 aromatic heterocycles. The summed E-state index contributed by atoms with van der Waals surface area (Å²) in [5, 5.41) is 5.82. The molecule has 2 aromatic rings. The lowest BCUT2D eigenvalue weighted by molar-refractivity contribution is -0.114. The summed E-state index contributed by atoms with van der Waals surface area (Å²) in [4.78, 5) is 26.3. The predicted octanol–water partition coefficient (Wildman–Crippen LogP) is 1.63. The van der Waals surface area contributed by atoms with Crippen LogP contribution in [0.5, 0.6) is 5.75 Å². The highest BCUT2D eigenvalue weighted by molar-refractivity contribution is 6.03. The van der Waals surface area contributed by atoms with Gasteiger partial charge < -0.3 is 26.0 Å². The zero-order valence-electron chi connectivity index (χ0n) is 15.1. The van der Waals surface area contributed by atoms with Crippen LogP contribution in [0.15, 0.2) is 42.5 Å². The molecule has 0 aliphatic carbocycles. The van der Waals surface area contributed by atoms with Gasteiger partial charge in [-0.25, -0.2) is 0 Å². The van der Waals surface area contributed by atoms with Crippen LogP contribution in [0.25, 0.3) is 0 Å². The number of anilines is 2. The second kappa shape index (κ2) is 6.92. The molecule has 4 N–H and O–H groups in total. The molecular weight excluding hydrogens is 344 g/mol. The van der Waals surface area contributed by atoms with E-state index in [0.29, 0.717) is 24.3 Å². The minimum atomic E-state index is -0.139. The van der Waals surface area contributed by atoms with E-state index in [1.807, 2.05) is 30.3 Å². The fourth-order valence-corrected chi connectivity index (χ4v) is 3.71. The van der Waals surface area contributed by atoms with Crippen LogP contribution in [-0.4, -0.2) is 49.5 Å². The molecule has 1 saturated heterocycles. The van der Waals surface area contributed by atoms with E-state index >= 15 is 0 Å². The van der Waals surface area contributed by atoms with Gasteiger partial charge in [0, 0.05) is 30.6 Å². The Morgan fingerprint density at radius 2 is 2.04 bits per heavy atom. The Labute approximate surface area is 157 Å². The monoisotopic (exact) mass is 366 g/mol. The zero-order valence-corrected chi connectivity index (χ0v) is 15.1. The first-order valence-electron chi connectivity index (χ1n) is 8.92. The van der Waals surface area contributed by atoms with Crippen LogP contribution in [0.3, 0.4) is 0 Å². The van der Waals surface area contributed by atoms with Crippen molar-refractivity contribution in [1.82, 2.24) is 4.90 Å². The molecule has 2 atom stereocenters. The van der Waals surface area contributed by atoms with Crippen molar-refractivity contribution < 1.29 is 14.3 Å². The molecule has 0 spiro atoms. The number of fused-ring (bicyclic) bond motifs is 1. The van der Waals surface area contributed by atoms with Crippen LogP contribution in [0, 0.1) is 0 Å². The van der Waals surface area contributed by atoms with Crippen molar-refractivity contribution in [3.8, 4) is 5.75 Å². The van der Waals surface area contributed by atoms with Gasteiger partial charge in [-0.15, -0.1) is 0 Å². The average Bonchev–Trinajstić information content (AvgIpc) is 3.08. The first-order chi connectivity index (χ1) is 13.0. The molecule has 4 rings (SSSR count). The summed E-state index contributed by atoms with van der Waals surface area (Å²) >= 11 is 0. The molecule has 7 heteroatoms. The van der Waals surface area contributed by atoms with E-state index in [2.05, 4.69) is 10.6 Å². The quantitative estimate of drug-likeness (QED) is 0.767. The maximum absolute atomic E-state index is 13.0. The van der Waals surface area contributed by atoms with Gasteiger partial charge in [0.2, 0.25) is 5.91 Å². The largest absolute Gasteiger partial charge is 0.497 e. The van der Waals surface area contributed by atoms with E-state index in [1.165, 1.54) is 0 Å². The van der Waals surface area contributed by atoms with Gasteiger partial charge >= 0.3 is 0 Å². The standard InChI is InChI=1S/C20H22N4O3/c1-27-14-4-2-3-12(7-14)15-10-24(11-16(15)21)20(26)13-5-6-17-18(8-13)23-19(25)9-22-17/h2-8,15-16,22H,9-11,21H2,1H3,(H,23,25)/t15-,16+/m0/s1. The van der Waals surface area contributed by atoms with Crippen LogP contribution >= 0.6 is 0 Å². The third-order valence-electron chi connectivity index (χ3n) is 5.15. The SMILES string of the molecule is COc1cccc([C@@H]2CN(C(=O)c3ccc4c(c3)NC(=O)CN4)C[C@H]2N)c1. The van der Waals surface area contributed by atoms with Crippen LogP contribution in [-0.2, 0) is 4.79 Å². The average molecular weight is 366 g/mol. The van der Waals surface area contributed by atoms with Gasteiger partial charge in [0.25, 0.3) is 5.91 Å². The maximum Gasteiger partial charge on any atom is 0.254 e. The number of amides is 2. The zero-order chi connectivity index (χ0) is 19.0. The van der Waals surface area contributed by atoms with E-state index in [4.69, 9.17) is 10.5 Å². The van der Waals surface area contributed by atoms with E-state index in [9.17, 15) is 9.59 Å². The van der Waals surface area contributed by atoms with Crippen molar-refractivity contribution in [2.45, 2.75) is 12.0 Å². The normalized spacial score (nSPS) is 21.3. The van der Waals surface area contributed by atoms with Crippen LogP contribution in [0.1, 0.15) is 21.8 Å². The molecule has 2 heterocycles. The molecule has 0 saturated carbocycles. The minimum absolute atomic E-state index is 0.0584. The molecule has 2 aliphatic rings. The summed E-state index contributed by atoms with van der Waals surface area (Å²) in [6.07, 6.45) is 0.